The van der Waals surface area contributed by atoms with Crippen molar-refractivity contribution in [2.75, 3.05) is 0 Å². The maximum atomic E-state index is 10.6. The van der Waals surface area contributed by atoms with Crippen molar-refractivity contribution >= 4 is 40.2 Å². The number of benzene rings is 1. The third-order valence-electron chi connectivity index (χ3n) is 3.12. The Morgan fingerprint density at radius 1 is 1.35 bits per heavy atom. The first kappa shape index (κ1) is 15.1. The highest BCUT2D eigenvalue weighted by Gasteiger charge is 2.12. The lowest BCUT2D eigenvalue weighted by atomic mass is 10.2. The van der Waals surface area contributed by atoms with Crippen LogP contribution in [0.5, 0.6) is 0 Å². The van der Waals surface area contributed by atoms with Crippen molar-refractivity contribution in [2.24, 2.45) is 0 Å². The van der Waals surface area contributed by atoms with Crippen LogP contribution in [0, 0.1) is 0 Å². The standard InChI is InChI=1S/C14H16Cl2N2O2/c1-2-4-13-17-11-7-9(15)10(16)8-12(11)18(13)6-3-5-14(19)20/h7-8H,2-6H2,1H3,(H,19,20). The summed E-state index contributed by atoms with van der Waals surface area (Å²) in [5.41, 5.74) is 1.71. The molecule has 0 fully saturated rings. The van der Waals surface area contributed by atoms with Crippen molar-refractivity contribution in [1.82, 2.24) is 9.55 Å². The highest BCUT2D eigenvalue weighted by atomic mass is 35.5. The summed E-state index contributed by atoms with van der Waals surface area (Å²) in [5, 5.41) is 9.72. The number of carbonyl (C=O) groups is 1. The quantitative estimate of drug-likeness (QED) is 0.871. The number of imidazole rings is 1. The first-order valence-electron chi connectivity index (χ1n) is 6.59. The molecule has 1 aromatic heterocycles. The van der Waals surface area contributed by atoms with Gasteiger partial charge in [0, 0.05) is 19.4 Å². The largest absolute Gasteiger partial charge is 0.481 e. The maximum absolute atomic E-state index is 10.6. The molecule has 4 nitrogen and oxygen atoms in total. The van der Waals surface area contributed by atoms with E-state index < -0.39 is 5.97 Å². The van der Waals surface area contributed by atoms with Gasteiger partial charge in [-0.3, -0.25) is 4.79 Å². The van der Waals surface area contributed by atoms with Crippen LogP contribution in [0.2, 0.25) is 10.0 Å². The highest BCUT2D eigenvalue weighted by Crippen LogP contribution is 2.29. The molecule has 1 N–H and O–H groups in total. The molecule has 0 saturated heterocycles. The van der Waals surface area contributed by atoms with Crippen LogP contribution >= 0.6 is 23.2 Å². The maximum Gasteiger partial charge on any atom is 0.303 e. The second-order valence-electron chi connectivity index (χ2n) is 4.68. The molecule has 2 rings (SSSR count). The minimum absolute atomic E-state index is 0.145. The number of aryl methyl sites for hydroxylation is 2. The lowest BCUT2D eigenvalue weighted by Gasteiger charge is -2.08. The molecular formula is C14H16Cl2N2O2. The molecule has 1 heterocycles. The van der Waals surface area contributed by atoms with E-state index in [0.717, 1.165) is 29.7 Å². The van der Waals surface area contributed by atoms with Crippen molar-refractivity contribution in [3.05, 3.63) is 28.0 Å². The van der Waals surface area contributed by atoms with E-state index >= 15 is 0 Å². The fourth-order valence-electron chi connectivity index (χ4n) is 2.22. The fourth-order valence-corrected chi connectivity index (χ4v) is 2.54. The summed E-state index contributed by atoms with van der Waals surface area (Å²) in [7, 11) is 0. The average Bonchev–Trinajstić information content (AvgIpc) is 2.68. The number of aliphatic carboxylic acids is 1. The van der Waals surface area contributed by atoms with E-state index in [1.165, 1.54) is 0 Å². The van der Waals surface area contributed by atoms with Gasteiger partial charge in [0.25, 0.3) is 0 Å². The van der Waals surface area contributed by atoms with Crippen molar-refractivity contribution in [2.45, 2.75) is 39.2 Å². The Kier molecular flexibility index (Phi) is 4.89. The van der Waals surface area contributed by atoms with Crippen LogP contribution in [0.25, 0.3) is 11.0 Å². The molecule has 0 aliphatic rings. The Morgan fingerprint density at radius 2 is 2.05 bits per heavy atom. The number of hydrogen-bond acceptors (Lipinski definition) is 2. The number of nitrogens with zero attached hydrogens (tertiary/aromatic N) is 2. The zero-order chi connectivity index (χ0) is 14.7. The Hall–Kier alpha value is -1.26. The number of carboxylic acids is 1. The van der Waals surface area contributed by atoms with Gasteiger partial charge >= 0.3 is 5.97 Å². The van der Waals surface area contributed by atoms with Crippen molar-refractivity contribution in [3.63, 3.8) is 0 Å². The van der Waals surface area contributed by atoms with Gasteiger partial charge in [-0.2, -0.15) is 0 Å². The van der Waals surface area contributed by atoms with E-state index in [4.69, 9.17) is 28.3 Å². The summed E-state index contributed by atoms with van der Waals surface area (Å²) < 4.78 is 2.05. The van der Waals surface area contributed by atoms with Gasteiger partial charge in [-0.15, -0.1) is 0 Å². The van der Waals surface area contributed by atoms with Crippen molar-refractivity contribution in [3.8, 4) is 0 Å². The number of fused-ring (bicyclic) bond motifs is 1. The van der Waals surface area contributed by atoms with Crippen molar-refractivity contribution < 1.29 is 9.90 Å². The Balaban J connectivity index is 2.39. The number of halogens is 2. The van der Waals surface area contributed by atoms with E-state index in [1.807, 2.05) is 4.57 Å². The van der Waals surface area contributed by atoms with Gasteiger partial charge in [-0.25, -0.2) is 4.98 Å². The molecule has 0 spiro atoms. The van der Waals surface area contributed by atoms with E-state index in [9.17, 15) is 4.79 Å². The van der Waals surface area contributed by atoms with E-state index in [2.05, 4.69) is 11.9 Å². The van der Waals surface area contributed by atoms with E-state index in [0.29, 0.717) is 23.0 Å². The lowest BCUT2D eigenvalue weighted by molar-refractivity contribution is -0.137. The summed E-state index contributed by atoms with van der Waals surface area (Å²) in [5.74, 6) is 0.166. The Bertz CT molecular complexity index is 638. The topological polar surface area (TPSA) is 55.1 Å². The molecule has 0 saturated carbocycles. The summed E-state index contributed by atoms with van der Waals surface area (Å²) in [6, 6.07) is 3.55. The fraction of sp³-hybridized carbons (Fsp3) is 0.429. The van der Waals surface area contributed by atoms with E-state index in [-0.39, 0.29) is 6.42 Å². The SMILES string of the molecule is CCCc1nc2cc(Cl)c(Cl)cc2n1CCCC(=O)O. The zero-order valence-corrected chi connectivity index (χ0v) is 12.7. The molecule has 0 unspecified atom stereocenters. The van der Waals surface area contributed by atoms with Gasteiger partial charge in [-0.1, -0.05) is 30.1 Å². The number of carboxylic acid groups (broad SMARTS) is 1. The first-order valence-corrected chi connectivity index (χ1v) is 7.34. The van der Waals surface area contributed by atoms with Crippen LogP contribution in [0.1, 0.15) is 32.0 Å². The number of hydrogen-bond donors (Lipinski definition) is 1. The normalized spacial score (nSPS) is 11.2. The van der Waals surface area contributed by atoms with Crippen molar-refractivity contribution in [1.29, 1.82) is 0 Å². The van der Waals surface area contributed by atoms with Crippen LogP contribution in [-0.2, 0) is 17.8 Å². The van der Waals surface area contributed by atoms with Crippen LogP contribution in [0.15, 0.2) is 12.1 Å². The van der Waals surface area contributed by atoms with Crippen LogP contribution in [-0.4, -0.2) is 20.6 Å². The number of aromatic nitrogens is 2. The Labute approximate surface area is 127 Å². The third-order valence-corrected chi connectivity index (χ3v) is 3.84. The summed E-state index contributed by atoms with van der Waals surface area (Å²) in [4.78, 5) is 15.2. The van der Waals surface area contributed by atoms with Gasteiger partial charge in [0.1, 0.15) is 5.82 Å². The minimum Gasteiger partial charge on any atom is -0.481 e. The predicted molar refractivity (Wildman–Crippen MR) is 80.6 cm³/mol. The second-order valence-corrected chi connectivity index (χ2v) is 5.50. The highest BCUT2D eigenvalue weighted by molar-refractivity contribution is 6.42. The van der Waals surface area contributed by atoms with Gasteiger partial charge in [-0.05, 0) is 25.0 Å². The van der Waals surface area contributed by atoms with Crippen LogP contribution in [0.3, 0.4) is 0 Å². The molecular weight excluding hydrogens is 299 g/mol. The molecule has 0 aliphatic carbocycles. The zero-order valence-electron chi connectivity index (χ0n) is 11.2. The molecule has 6 heteroatoms. The molecule has 1 aromatic carbocycles. The number of rotatable bonds is 6. The minimum atomic E-state index is -0.785. The lowest BCUT2D eigenvalue weighted by Crippen LogP contribution is -2.06. The Morgan fingerprint density at radius 3 is 2.70 bits per heavy atom. The molecule has 20 heavy (non-hydrogen) atoms. The first-order chi connectivity index (χ1) is 9.52. The molecule has 0 aliphatic heterocycles. The summed E-state index contributed by atoms with van der Waals surface area (Å²) >= 11 is 12.1. The van der Waals surface area contributed by atoms with Gasteiger partial charge in [0.2, 0.25) is 0 Å². The average molecular weight is 315 g/mol. The molecule has 0 amide bonds. The van der Waals surface area contributed by atoms with Crippen LogP contribution < -0.4 is 0 Å². The molecule has 0 atom stereocenters. The molecule has 0 bridgehead atoms. The third kappa shape index (κ3) is 3.25. The summed E-state index contributed by atoms with van der Waals surface area (Å²) in [6.45, 7) is 2.71. The van der Waals surface area contributed by atoms with Crippen LogP contribution in [0.4, 0.5) is 0 Å². The van der Waals surface area contributed by atoms with Gasteiger partial charge in [0.15, 0.2) is 0 Å². The van der Waals surface area contributed by atoms with Gasteiger partial charge in [0.05, 0.1) is 21.1 Å². The molecule has 108 valence electrons. The van der Waals surface area contributed by atoms with E-state index in [1.54, 1.807) is 12.1 Å². The van der Waals surface area contributed by atoms with Gasteiger partial charge < -0.3 is 9.67 Å². The monoisotopic (exact) mass is 314 g/mol. The molecule has 0 radical (unpaired) electrons. The predicted octanol–water partition coefficient (Wildman–Crippen LogP) is 4.16. The molecule has 2 aromatic rings. The second kappa shape index (κ2) is 6.46. The summed E-state index contributed by atoms with van der Waals surface area (Å²) in [6.07, 6.45) is 2.53. The smallest absolute Gasteiger partial charge is 0.303 e.